The number of non-ortho nitro benzene ring substituents is 1. The molecular weight excluding hydrogens is 344 g/mol. The number of rotatable bonds is 7. The largest absolute Gasteiger partial charge is 0.495 e. The molecule has 0 aliphatic heterocycles. The molecule has 0 radical (unpaired) electrons. The highest BCUT2D eigenvalue weighted by atomic mass is 32.2. The van der Waals surface area contributed by atoms with E-state index in [-0.39, 0.29) is 23.3 Å². The maximum atomic E-state index is 12.5. The summed E-state index contributed by atoms with van der Waals surface area (Å²) < 4.78 is 7.13. The maximum Gasteiger partial charge on any atom is 0.271 e. The third kappa shape index (κ3) is 4.50. The van der Waals surface area contributed by atoms with Crippen molar-refractivity contribution < 1.29 is 14.5 Å². The maximum absolute atomic E-state index is 12.5. The number of thioether (sulfide) groups is 1. The number of aromatic nitrogens is 2. The molecule has 0 saturated heterocycles. The number of ether oxygens (including phenoxy) is 1. The van der Waals surface area contributed by atoms with Crippen LogP contribution in [-0.2, 0) is 4.79 Å². The number of anilines is 1. The first-order valence-corrected chi connectivity index (χ1v) is 8.54. The Balaban J connectivity index is 2.14. The van der Waals surface area contributed by atoms with E-state index in [1.807, 2.05) is 24.6 Å². The van der Waals surface area contributed by atoms with E-state index >= 15 is 0 Å². The van der Waals surface area contributed by atoms with Crippen LogP contribution in [0.4, 0.5) is 11.4 Å². The van der Waals surface area contributed by atoms with Crippen molar-refractivity contribution in [2.45, 2.75) is 37.2 Å². The average Bonchev–Trinajstić information content (AvgIpc) is 3.02. The van der Waals surface area contributed by atoms with E-state index in [1.54, 1.807) is 13.1 Å². The molecule has 1 aromatic carbocycles. The molecule has 0 bridgehead atoms. The number of hydrogen-bond donors (Lipinski definition) is 1. The Morgan fingerprint density at radius 3 is 2.72 bits per heavy atom. The minimum absolute atomic E-state index is 0.119. The molecule has 0 fully saturated rings. The second-order valence-electron chi connectivity index (χ2n) is 5.60. The summed E-state index contributed by atoms with van der Waals surface area (Å²) in [4.78, 5) is 27.1. The molecule has 2 aromatic rings. The van der Waals surface area contributed by atoms with E-state index in [0.29, 0.717) is 5.75 Å². The number of nitro groups is 1. The standard InChI is InChI=1S/C16H20N4O4S/c1-10(2)19-8-7-17-16(19)25-11(3)15(21)18-13-9-12(20(22)23)5-6-14(13)24-4/h5-11H,1-4H3,(H,18,21)/t11-/m0/s1. The van der Waals surface area contributed by atoms with E-state index in [9.17, 15) is 14.9 Å². The Kier molecular flexibility index (Phi) is 6.02. The van der Waals surface area contributed by atoms with Crippen molar-refractivity contribution in [1.82, 2.24) is 9.55 Å². The Labute approximate surface area is 149 Å². The summed E-state index contributed by atoms with van der Waals surface area (Å²) in [6.07, 6.45) is 3.55. The number of nitrogens with zero attached hydrogens (tertiary/aromatic N) is 3. The van der Waals surface area contributed by atoms with Gasteiger partial charge < -0.3 is 14.6 Å². The zero-order valence-corrected chi connectivity index (χ0v) is 15.2. The number of carbonyl (C=O) groups excluding carboxylic acids is 1. The molecule has 25 heavy (non-hydrogen) atoms. The molecule has 1 atom stereocenters. The van der Waals surface area contributed by atoms with Crippen LogP contribution in [-0.4, -0.2) is 32.7 Å². The Bertz CT molecular complexity index is 775. The van der Waals surface area contributed by atoms with E-state index < -0.39 is 10.2 Å². The van der Waals surface area contributed by atoms with Gasteiger partial charge in [0, 0.05) is 30.6 Å². The smallest absolute Gasteiger partial charge is 0.271 e. The third-order valence-corrected chi connectivity index (χ3v) is 4.59. The third-order valence-electron chi connectivity index (χ3n) is 3.49. The number of nitro benzene ring substituents is 1. The van der Waals surface area contributed by atoms with Crippen molar-refractivity contribution in [1.29, 1.82) is 0 Å². The van der Waals surface area contributed by atoms with E-state index in [0.717, 1.165) is 5.16 Å². The normalized spacial score (nSPS) is 12.0. The van der Waals surface area contributed by atoms with Crippen molar-refractivity contribution in [3.63, 3.8) is 0 Å². The summed E-state index contributed by atoms with van der Waals surface area (Å²) in [5, 5.41) is 13.9. The van der Waals surface area contributed by atoms with Crippen molar-refractivity contribution >= 4 is 29.0 Å². The molecule has 0 spiro atoms. The average molecular weight is 364 g/mol. The first kappa shape index (κ1) is 18.8. The molecule has 0 saturated carbocycles. The highest BCUT2D eigenvalue weighted by molar-refractivity contribution is 8.00. The van der Waals surface area contributed by atoms with Gasteiger partial charge in [-0.05, 0) is 26.8 Å². The number of nitrogens with one attached hydrogen (secondary N) is 1. The van der Waals surface area contributed by atoms with Crippen LogP contribution in [0.25, 0.3) is 0 Å². The predicted molar refractivity (Wildman–Crippen MR) is 96.2 cm³/mol. The van der Waals surface area contributed by atoms with Crippen LogP contribution in [0.3, 0.4) is 0 Å². The highest BCUT2D eigenvalue weighted by Gasteiger charge is 2.20. The SMILES string of the molecule is COc1ccc([N+](=O)[O-])cc1NC(=O)[C@H](C)Sc1nccn1C(C)C. The van der Waals surface area contributed by atoms with Crippen molar-refractivity contribution in [3.05, 3.63) is 40.7 Å². The number of benzene rings is 1. The molecule has 134 valence electrons. The Morgan fingerprint density at radius 1 is 1.40 bits per heavy atom. The predicted octanol–water partition coefficient (Wildman–Crippen LogP) is 3.50. The fraction of sp³-hybridized carbons (Fsp3) is 0.375. The molecule has 0 aliphatic carbocycles. The van der Waals surface area contributed by atoms with Crippen LogP contribution < -0.4 is 10.1 Å². The lowest BCUT2D eigenvalue weighted by molar-refractivity contribution is -0.384. The molecule has 1 heterocycles. The lowest BCUT2D eigenvalue weighted by Crippen LogP contribution is -2.23. The van der Waals surface area contributed by atoms with Crippen LogP contribution >= 0.6 is 11.8 Å². The summed E-state index contributed by atoms with van der Waals surface area (Å²) in [6, 6.07) is 4.30. The zero-order valence-electron chi connectivity index (χ0n) is 14.4. The van der Waals surface area contributed by atoms with Crippen LogP contribution in [0.1, 0.15) is 26.8 Å². The fourth-order valence-electron chi connectivity index (χ4n) is 2.14. The van der Waals surface area contributed by atoms with E-state index in [2.05, 4.69) is 10.3 Å². The molecule has 9 heteroatoms. The number of imidazole rings is 1. The minimum atomic E-state index is -0.521. The van der Waals surface area contributed by atoms with Gasteiger partial charge >= 0.3 is 0 Å². The van der Waals surface area contributed by atoms with Crippen LogP contribution in [0.2, 0.25) is 0 Å². The number of amides is 1. The molecular formula is C16H20N4O4S. The van der Waals surface area contributed by atoms with Crippen LogP contribution in [0.15, 0.2) is 35.7 Å². The molecule has 0 unspecified atom stereocenters. The Hall–Kier alpha value is -2.55. The minimum Gasteiger partial charge on any atom is -0.495 e. The highest BCUT2D eigenvalue weighted by Crippen LogP contribution is 2.30. The molecule has 8 nitrogen and oxygen atoms in total. The summed E-state index contributed by atoms with van der Waals surface area (Å²) >= 11 is 1.32. The number of carbonyl (C=O) groups is 1. The molecule has 2 rings (SSSR count). The van der Waals surface area contributed by atoms with Crippen molar-refractivity contribution in [2.24, 2.45) is 0 Å². The van der Waals surface area contributed by atoms with Gasteiger partial charge in [-0.1, -0.05) is 11.8 Å². The lowest BCUT2D eigenvalue weighted by atomic mass is 10.2. The van der Waals surface area contributed by atoms with Gasteiger partial charge in [0.25, 0.3) is 5.69 Å². The van der Waals surface area contributed by atoms with Gasteiger partial charge in [0.2, 0.25) is 5.91 Å². The van der Waals surface area contributed by atoms with Gasteiger partial charge in [-0.15, -0.1) is 0 Å². The van der Waals surface area contributed by atoms with Gasteiger partial charge in [-0.3, -0.25) is 14.9 Å². The molecule has 1 amide bonds. The van der Waals surface area contributed by atoms with Gasteiger partial charge in [0.05, 0.1) is 23.0 Å². The quantitative estimate of drug-likeness (QED) is 0.458. The summed E-state index contributed by atoms with van der Waals surface area (Å²) in [5.74, 6) is 0.0712. The summed E-state index contributed by atoms with van der Waals surface area (Å²) in [5.41, 5.74) is 0.146. The second kappa shape index (κ2) is 8.02. The van der Waals surface area contributed by atoms with E-state index in [4.69, 9.17) is 4.74 Å². The molecule has 0 aliphatic rings. The van der Waals surface area contributed by atoms with E-state index in [1.165, 1.54) is 37.1 Å². The second-order valence-corrected chi connectivity index (χ2v) is 6.91. The monoisotopic (exact) mass is 364 g/mol. The number of hydrogen-bond acceptors (Lipinski definition) is 6. The first-order chi connectivity index (χ1) is 11.8. The number of methoxy groups -OCH3 is 1. The molecule has 1 N–H and O–H groups in total. The fourth-order valence-corrected chi connectivity index (χ4v) is 3.13. The van der Waals surface area contributed by atoms with Gasteiger partial charge in [0.15, 0.2) is 5.16 Å². The van der Waals surface area contributed by atoms with Gasteiger partial charge in [-0.25, -0.2) is 4.98 Å². The van der Waals surface area contributed by atoms with Gasteiger partial charge in [-0.2, -0.15) is 0 Å². The van der Waals surface area contributed by atoms with Crippen LogP contribution in [0, 0.1) is 10.1 Å². The van der Waals surface area contributed by atoms with Crippen molar-refractivity contribution in [3.8, 4) is 5.75 Å². The van der Waals surface area contributed by atoms with Crippen LogP contribution in [0.5, 0.6) is 5.75 Å². The lowest BCUT2D eigenvalue weighted by Gasteiger charge is -2.16. The van der Waals surface area contributed by atoms with Gasteiger partial charge in [0.1, 0.15) is 5.75 Å². The topological polar surface area (TPSA) is 99.3 Å². The first-order valence-electron chi connectivity index (χ1n) is 7.66. The van der Waals surface area contributed by atoms with Crippen molar-refractivity contribution in [2.75, 3.05) is 12.4 Å². The molecule has 1 aromatic heterocycles. The summed E-state index contributed by atoms with van der Waals surface area (Å²) in [6.45, 7) is 5.82. The Morgan fingerprint density at radius 2 is 2.12 bits per heavy atom. The zero-order chi connectivity index (χ0) is 18.6. The summed E-state index contributed by atoms with van der Waals surface area (Å²) in [7, 11) is 1.44.